The minimum atomic E-state index is -3.83. The highest BCUT2D eigenvalue weighted by atomic mass is 35.5. The smallest absolute Gasteiger partial charge is 0.269 e. The summed E-state index contributed by atoms with van der Waals surface area (Å²) in [4.78, 5) is 8.96. The molecular weight excluding hydrogens is 460 g/mol. The Hall–Kier alpha value is -2.94. The van der Waals surface area contributed by atoms with E-state index in [0.29, 0.717) is 27.6 Å². The molecule has 0 amide bonds. The molecule has 1 aliphatic carbocycles. The van der Waals surface area contributed by atoms with Crippen molar-refractivity contribution in [2.45, 2.75) is 42.7 Å². The number of rotatable bonds is 5. The topological polar surface area (TPSA) is 97.1 Å². The third-order valence-corrected chi connectivity index (χ3v) is 7.84. The van der Waals surface area contributed by atoms with Crippen LogP contribution in [0.4, 0.5) is 5.82 Å². The number of hydrogen-bond acceptors (Lipinski definition) is 6. The summed E-state index contributed by atoms with van der Waals surface area (Å²) < 4.78 is 28.0. The van der Waals surface area contributed by atoms with E-state index in [2.05, 4.69) is 15.3 Å². The van der Waals surface area contributed by atoms with Crippen molar-refractivity contribution >= 4 is 38.5 Å². The molecule has 9 heteroatoms. The van der Waals surface area contributed by atoms with E-state index >= 15 is 0 Å². The maximum absolute atomic E-state index is 13.4. The second-order valence-electron chi connectivity index (χ2n) is 8.24. The van der Waals surface area contributed by atoms with Crippen molar-refractivity contribution in [2.75, 3.05) is 5.32 Å². The van der Waals surface area contributed by atoms with E-state index in [9.17, 15) is 13.5 Å². The number of pyridine rings is 2. The summed E-state index contributed by atoms with van der Waals surface area (Å²) in [5.41, 5.74) is 1.79. The number of anilines is 1. The van der Waals surface area contributed by atoms with Crippen LogP contribution < -0.4 is 5.32 Å². The molecule has 0 atom stereocenters. The van der Waals surface area contributed by atoms with Gasteiger partial charge >= 0.3 is 0 Å². The number of fused-ring (bicyclic) bond motifs is 1. The minimum Gasteiger partial charge on any atom is -0.393 e. The lowest BCUT2D eigenvalue weighted by atomic mass is 9.93. The van der Waals surface area contributed by atoms with Gasteiger partial charge in [0.1, 0.15) is 11.0 Å². The average molecular weight is 483 g/mol. The van der Waals surface area contributed by atoms with E-state index in [1.165, 1.54) is 3.97 Å². The van der Waals surface area contributed by atoms with Gasteiger partial charge in [0.15, 0.2) is 5.65 Å². The van der Waals surface area contributed by atoms with Crippen molar-refractivity contribution in [2.24, 2.45) is 0 Å². The molecule has 5 rings (SSSR count). The Labute approximate surface area is 197 Å². The molecule has 0 spiro atoms. The van der Waals surface area contributed by atoms with E-state index in [1.807, 2.05) is 12.1 Å². The number of aliphatic hydroxyl groups is 1. The molecule has 1 aromatic carbocycles. The molecule has 0 saturated heterocycles. The molecule has 170 valence electrons. The quantitative estimate of drug-likeness (QED) is 0.400. The van der Waals surface area contributed by atoms with Gasteiger partial charge in [0.2, 0.25) is 0 Å². The largest absolute Gasteiger partial charge is 0.393 e. The summed E-state index contributed by atoms with van der Waals surface area (Å²) in [5, 5.41) is 14.2. The molecule has 1 fully saturated rings. The van der Waals surface area contributed by atoms with Crippen molar-refractivity contribution < 1.29 is 13.5 Å². The highest BCUT2D eigenvalue weighted by molar-refractivity contribution is 7.90. The lowest BCUT2D eigenvalue weighted by molar-refractivity contribution is 0.126. The monoisotopic (exact) mass is 482 g/mol. The van der Waals surface area contributed by atoms with E-state index in [-0.39, 0.29) is 17.0 Å². The molecule has 0 aliphatic heterocycles. The predicted octanol–water partition coefficient (Wildman–Crippen LogP) is 4.70. The van der Waals surface area contributed by atoms with Gasteiger partial charge in [-0.15, -0.1) is 0 Å². The molecule has 0 bridgehead atoms. The molecular formula is C24H23ClN4O3S. The normalized spacial score (nSPS) is 19.0. The molecule has 1 saturated carbocycles. The first kappa shape index (κ1) is 21.9. The van der Waals surface area contributed by atoms with Crippen LogP contribution in [0.15, 0.2) is 71.9 Å². The van der Waals surface area contributed by atoms with Gasteiger partial charge in [0.05, 0.1) is 11.0 Å². The van der Waals surface area contributed by atoms with Gasteiger partial charge in [-0.3, -0.25) is 0 Å². The van der Waals surface area contributed by atoms with Crippen LogP contribution in [0.1, 0.15) is 25.7 Å². The third-order valence-electron chi connectivity index (χ3n) is 5.99. The fourth-order valence-electron chi connectivity index (χ4n) is 4.31. The number of benzene rings is 1. The Morgan fingerprint density at radius 2 is 1.79 bits per heavy atom. The van der Waals surface area contributed by atoms with Crippen LogP contribution in [-0.4, -0.2) is 39.6 Å². The number of aliphatic hydroxyl groups excluding tert-OH is 1. The molecule has 33 heavy (non-hydrogen) atoms. The lowest BCUT2D eigenvalue weighted by Gasteiger charge is -2.26. The first-order valence-corrected chi connectivity index (χ1v) is 12.6. The highest BCUT2D eigenvalue weighted by Gasteiger charge is 2.24. The molecule has 3 heterocycles. The van der Waals surface area contributed by atoms with Crippen molar-refractivity contribution in [3.05, 3.63) is 72.1 Å². The second kappa shape index (κ2) is 8.78. The van der Waals surface area contributed by atoms with Crippen LogP contribution in [-0.2, 0) is 10.0 Å². The minimum absolute atomic E-state index is 0.189. The van der Waals surface area contributed by atoms with Gasteiger partial charge in [-0.05, 0) is 67.6 Å². The van der Waals surface area contributed by atoms with Crippen molar-refractivity contribution in [1.29, 1.82) is 0 Å². The molecule has 4 aromatic rings. The maximum Gasteiger partial charge on any atom is 0.269 e. The van der Waals surface area contributed by atoms with Crippen LogP contribution in [0.3, 0.4) is 0 Å². The Morgan fingerprint density at radius 3 is 2.55 bits per heavy atom. The highest BCUT2D eigenvalue weighted by Crippen LogP contribution is 2.34. The number of aromatic nitrogens is 3. The van der Waals surface area contributed by atoms with E-state index in [0.717, 1.165) is 31.2 Å². The Bertz CT molecular complexity index is 1400. The molecule has 2 N–H and O–H groups in total. The lowest BCUT2D eigenvalue weighted by Crippen LogP contribution is -2.28. The summed E-state index contributed by atoms with van der Waals surface area (Å²) in [5.74, 6) is 0.620. The average Bonchev–Trinajstić information content (AvgIpc) is 3.21. The number of hydrogen-bond donors (Lipinski definition) is 2. The zero-order chi connectivity index (χ0) is 23.0. The van der Waals surface area contributed by atoms with Gasteiger partial charge < -0.3 is 10.4 Å². The zero-order valence-electron chi connectivity index (χ0n) is 17.7. The molecule has 0 radical (unpaired) electrons. The van der Waals surface area contributed by atoms with Gasteiger partial charge in [0, 0.05) is 29.4 Å². The number of nitrogens with one attached hydrogen (secondary N) is 1. The Kier molecular flexibility index (Phi) is 5.82. The number of nitrogens with zero attached hydrogens (tertiary/aromatic N) is 3. The fraction of sp³-hybridized carbons (Fsp3) is 0.250. The van der Waals surface area contributed by atoms with Crippen molar-refractivity contribution in [3.8, 4) is 11.1 Å². The Morgan fingerprint density at radius 1 is 1.03 bits per heavy atom. The predicted molar refractivity (Wildman–Crippen MR) is 129 cm³/mol. The zero-order valence-corrected chi connectivity index (χ0v) is 19.3. The van der Waals surface area contributed by atoms with Gasteiger partial charge in [-0.2, -0.15) is 0 Å². The third kappa shape index (κ3) is 4.34. The van der Waals surface area contributed by atoms with E-state index in [1.54, 1.807) is 54.9 Å². The molecule has 1 aliphatic rings. The first-order chi connectivity index (χ1) is 15.9. The molecule has 3 aromatic heterocycles. The van der Waals surface area contributed by atoms with Crippen molar-refractivity contribution in [3.63, 3.8) is 0 Å². The van der Waals surface area contributed by atoms with Gasteiger partial charge in [-0.1, -0.05) is 29.8 Å². The summed E-state index contributed by atoms with van der Waals surface area (Å²) in [6.07, 6.45) is 6.13. The summed E-state index contributed by atoms with van der Waals surface area (Å²) in [6.45, 7) is 0. The molecule has 0 unspecified atom stereocenters. The SMILES string of the molecule is O=S(=O)(c1ccccc1)n1cc(-c2cc(Cl)nc(NC3CCC(O)CC3)c2)c2cccnc21. The van der Waals surface area contributed by atoms with Crippen LogP contribution >= 0.6 is 11.6 Å². The standard InChI is InChI=1S/C24H23ClN4O3S/c25-22-13-16(14-23(28-22)27-17-8-10-18(30)11-9-17)21-15-29(24-20(21)7-4-12-26-24)33(31,32)19-5-2-1-3-6-19/h1-7,12-15,17-18,30H,8-11H2,(H,27,28). The van der Waals surface area contributed by atoms with Gasteiger partial charge in [-0.25, -0.2) is 22.4 Å². The van der Waals surface area contributed by atoms with Gasteiger partial charge in [0.25, 0.3) is 10.0 Å². The summed E-state index contributed by atoms with van der Waals surface area (Å²) in [7, 11) is -3.83. The summed E-state index contributed by atoms with van der Waals surface area (Å²) >= 11 is 6.35. The van der Waals surface area contributed by atoms with Crippen LogP contribution in [0.2, 0.25) is 5.15 Å². The van der Waals surface area contributed by atoms with Crippen LogP contribution in [0.5, 0.6) is 0 Å². The second-order valence-corrected chi connectivity index (χ2v) is 10.4. The van der Waals surface area contributed by atoms with Crippen LogP contribution in [0.25, 0.3) is 22.2 Å². The van der Waals surface area contributed by atoms with Crippen molar-refractivity contribution in [1.82, 2.24) is 13.9 Å². The van der Waals surface area contributed by atoms with Crippen LogP contribution in [0, 0.1) is 0 Å². The Balaban J connectivity index is 1.58. The van der Waals surface area contributed by atoms with E-state index < -0.39 is 10.0 Å². The maximum atomic E-state index is 13.4. The number of halogens is 1. The molecule has 7 nitrogen and oxygen atoms in total. The summed E-state index contributed by atoms with van der Waals surface area (Å²) in [6, 6.07) is 15.7. The fourth-order valence-corrected chi connectivity index (χ4v) is 5.86. The van der Waals surface area contributed by atoms with E-state index in [4.69, 9.17) is 11.6 Å². The first-order valence-electron chi connectivity index (χ1n) is 10.8.